The van der Waals surface area contributed by atoms with Gasteiger partial charge in [-0.05, 0) is 12.0 Å². The summed E-state index contributed by atoms with van der Waals surface area (Å²) in [4.78, 5) is -0.279. The molecule has 0 saturated carbocycles. The zero-order chi connectivity index (χ0) is 18.5. The summed E-state index contributed by atoms with van der Waals surface area (Å²) in [6.45, 7) is -0.998. The molecule has 2 aromatic rings. The minimum atomic E-state index is -4.47. The maximum Gasteiger partial charge on any atom is 0.408 e. The predicted molar refractivity (Wildman–Crippen MR) is 93.5 cm³/mol. The summed E-state index contributed by atoms with van der Waals surface area (Å²) in [5.74, 6) is 0. The molecule has 0 aliphatic heterocycles. The molecule has 0 fully saturated rings. The van der Waals surface area contributed by atoms with Gasteiger partial charge in [0.1, 0.15) is 11.4 Å². The van der Waals surface area contributed by atoms with Crippen LogP contribution in [0.15, 0.2) is 47.6 Å². The molecule has 0 bridgehead atoms. The smallest absolute Gasteiger partial charge is 0.329 e. The molecular weight excluding hydrogens is 393 g/mol. The molecule has 0 aliphatic carbocycles. The molecule has 0 radical (unpaired) electrons. The molecule has 1 aromatic carbocycles. The van der Waals surface area contributed by atoms with Crippen LogP contribution in [0.25, 0.3) is 0 Å². The third kappa shape index (κ3) is 6.27. The van der Waals surface area contributed by atoms with Crippen LogP contribution in [-0.2, 0) is 23.0 Å². The largest absolute Gasteiger partial charge is 0.408 e. The zero-order valence-corrected chi connectivity index (χ0v) is 15.4. The molecule has 1 aromatic heterocycles. The van der Waals surface area contributed by atoms with Crippen LogP contribution in [0.4, 0.5) is 13.2 Å². The van der Waals surface area contributed by atoms with Crippen LogP contribution in [-0.4, -0.2) is 48.3 Å². The Hall–Kier alpha value is -1.62. The second-order valence-electron chi connectivity index (χ2n) is 5.42. The fourth-order valence-corrected chi connectivity index (χ4v) is 3.70. The molecule has 0 saturated heterocycles. The van der Waals surface area contributed by atoms with Crippen molar-refractivity contribution in [2.45, 2.75) is 24.0 Å². The number of hydrogen-bond acceptors (Lipinski definition) is 4. The average molecular weight is 413 g/mol. The van der Waals surface area contributed by atoms with E-state index in [2.05, 4.69) is 5.10 Å². The summed E-state index contributed by atoms with van der Waals surface area (Å²) >= 11 is 0. The van der Waals surface area contributed by atoms with Crippen molar-refractivity contribution < 1.29 is 21.6 Å². The Morgan fingerprint density at radius 1 is 1.15 bits per heavy atom. The third-order valence-corrected chi connectivity index (χ3v) is 5.31. The molecule has 0 amide bonds. The van der Waals surface area contributed by atoms with Crippen molar-refractivity contribution in [3.63, 3.8) is 0 Å². The third-order valence-electron chi connectivity index (χ3n) is 3.46. The van der Waals surface area contributed by atoms with Gasteiger partial charge in [0.15, 0.2) is 0 Å². The van der Waals surface area contributed by atoms with E-state index in [1.165, 1.54) is 0 Å². The van der Waals surface area contributed by atoms with Gasteiger partial charge in [-0.1, -0.05) is 30.3 Å². The Labute approximate surface area is 156 Å². The number of alkyl halides is 3. The molecule has 0 unspecified atom stereocenters. The van der Waals surface area contributed by atoms with Crippen LogP contribution in [0.2, 0.25) is 0 Å². The highest BCUT2D eigenvalue weighted by Gasteiger charge is 2.30. The van der Waals surface area contributed by atoms with Crippen molar-refractivity contribution in [3.8, 4) is 0 Å². The molecule has 146 valence electrons. The Morgan fingerprint density at radius 3 is 2.38 bits per heavy atom. The van der Waals surface area contributed by atoms with E-state index in [4.69, 9.17) is 5.73 Å². The van der Waals surface area contributed by atoms with Gasteiger partial charge in [-0.25, -0.2) is 8.42 Å². The fourth-order valence-electron chi connectivity index (χ4n) is 2.29. The Bertz CT molecular complexity index is 782. The Kier molecular flexibility index (Phi) is 8.07. The number of hydrogen-bond donors (Lipinski definition) is 1. The van der Waals surface area contributed by atoms with Gasteiger partial charge in [-0.3, -0.25) is 4.68 Å². The lowest BCUT2D eigenvalue weighted by Crippen LogP contribution is -2.36. The van der Waals surface area contributed by atoms with Gasteiger partial charge in [0.05, 0.1) is 6.20 Å². The average Bonchev–Trinajstić information content (AvgIpc) is 2.99. The van der Waals surface area contributed by atoms with Gasteiger partial charge in [0.25, 0.3) is 0 Å². The maximum atomic E-state index is 12.7. The molecule has 0 spiro atoms. The first-order valence-electron chi connectivity index (χ1n) is 7.56. The molecule has 26 heavy (non-hydrogen) atoms. The number of aromatic nitrogens is 2. The lowest BCUT2D eigenvalue weighted by atomic mass is 10.1. The minimum Gasteiger partial charge on any atom is -0.329 e. The van der Waals surface area contributed by atoms with E-state index >= 15 is 0 Å². The lowest BCUT2D eigenvalue weighted by molar-refractivity contribution is -0.142. The molecule has 6 nitrogen and oxygen atoms in total. The van der Waals surface area contributed by atoms with Gasteiger partial charge in [-0.2, -0.15) is 22.6 Å². The first kappa shape index (κ1) is 22.4. The van der Waals surface area contributed by atoms with Crippen LogP contribution in [0, 0.1) is 0 Å². The number of halogens is 4. The van der Waals surface area contributed by atoms with Gasteiger partial charge >= 0.3 is 6.18 Å². The zero-order valence-electron chi connectivity index (χ0n) is 13.8. The number of nitrogens with zero attached hydrogens (tertiary/aromatic N) is 3. The highest BCUT2D eigenvalue weighted by molar-refractivity contribution is 7.89. The highest BCUT2D eigenvalue weighted by Crippen LogP contribution is 2.20. The fraction of sp³-hybridized carbons (Fsp3) is 0.400. The van der Waals surface area contributed by atoms with Crippen molar-refractivity contribution in [1.29, 1.82) is 0 Å². The van der Waals surface area contributed by atoms with Gasteiger partial charge in [0.2, 0.25) is 10.0 Å². The molecule has 2 N–H and O–H groups in total. The van der Waals surface area contributed by atoms with Gasteiger partial charge in [-0.15, -0.1) is 12.4 Å². The van der Waals surface area contributed by atoms with Crippen molar-refractivity contribution in [2.75, 3.05) is 19.6 Å². The standard InChI is InChI=1S/C15H19F3N4O2S.ClH/c16-15(17,18)12-21-11-14(10-20-21)25(23,24)22(9-7-19)8-6-13-4-2-1-3-5-13;/h1-5,10-11H,6-9,12,19H2;1H. The SMILES string of the molecule is Cl.NCCN(CCc1ccccc1)S(=O)(=O)c1cnn(CC(F)(F)F)c1. The van der Waals surface area contributed by atoms with Crippen LogP contribution in [0.1, 0.15) is 5.56 Å². The second-order valence-corrected chi connectivity index (χ2v) is 7.36. The summed E-state index contributed by atoms with van der Waals surface area (Å²) < 4.78 is 64.2. The Balaban J connectivity index is 0.00000338. The molecule has 0 aliphatic rings. The molecule has 0 atom stereocenters. The van der Waals surface area contributed by atoms with Crippen molar-refractivity contribution in [2.24, 2.45) is 5.73 Å². The van der Waals surface area contributed by atoms with E-state index in [0.29, 0.717) is 11.1 Å². The van der Waals surface area contributed by atoms with E-state index in [-0.39, 0.29) is 36.9 Å². The van der Waals surface area contributed by atoms with E-state index < -0.39 is 22.7 Å². The van der Waals surface area contributed by atoms with Gasteiger partial charge < -0.3 is 5.73 Å². The second kappa shape index (κ2) is 9.36. The monoisotopic (exact) mass is 412 g/mol. The summed E-state index contributed by atoms with van der Waals surface area (Å²) in [6, 6.07) is 9.28. The van der Waals surface area contributed by atoms with Crippen molar-refractivity contribution >= 4 is 22.4 Å². The molecule has 11 heteroatoms. The summed E-state index contributed by atoms with van der Waals surface area (Å²) in [5.41, 5.74) is 6.44. The number of sulfonamides is 1. The highest BCUT2D eigenvalue weighted by atomic mass is 35.5. The van der Waals surface area contributed by atoms with Crippen LogP contribution in [0.5, 0.6) is 0 Å². The van der Waals surface area contributed by atoms with Gasteiger partial charge in [0, 0.05) is 25.8 Å². The number of rotatable bonds is 8. The van der Waals surface area contributed by atoms with E-state index in [1.54, 1.807) is 0 Å². The normalized spacial score (nSPS) is 12.2. The minimum absolute atomic E-state index is 0. The van der Waals surface area contributed by atoms with Crippen molar-refractivity contribution in [1.82, 2.24) is 14.1 Å². The quantitative estimate of drug-likeness (QED) is 0.719. The maximum absolute atomic E-state index is 12.7. The summed E-state index contributed by atoms with van der Waals surface area (Å²) in [7, 11) is -3.97. The van der Waals surface area contributed by atoms with Crippen LogP contribution < -0.4 is 5.73 Å². The number of nitrogens with two attached hydrogens (primary N) is 1. The first-order valence-corrected chi connectivity index (χ1v) is 9.00. The molecule has 2 rings (SSSR count). The van der Waals surface area contributed by atoms with E-state index in [0.717, 1.165) is 22.3 Å². The molecular formula is C15H20ClF3N4O2S. The Morgan fingerprint density at radius 2 is 1.81 bits per heavy atom. The molecule has 1 heterocycles. The number of benzene rings is 1. The first-order chi connectivity index (χ1) is 11.7. The van der Waals surface area contributed by atoms with E-state index in [1.807, 2.05) is 30.3 Å². The van der Waals surface area contributed by atoms with E-state index in [9.17, 15) is 21.6 Å². The lowest BCUT2D eigenvalue weighted by Gasteiger charge is -2.20. The topological polar surface area (TPSA) is 81.2 Å². The summed E-state index contributed by atoms with van der Waals surface area (Å²) in [5, 5.41) is 3.49. The van der Waals surface area contributed by atoms with Crippen LogP contribution in [0.3, 0.4) is 0 Å². The summed E-state index contributed by atoms with van der Waals surface area (Å²) in [6.07, 6.45) is -2.20. The van der Waals surface area contributed by atoms with Crippen LogP contribution >= 0.6 is 12.4 Å². The van der Waals surface area contributed by atoms with Crippen molar-refractivity contribution in [3.05, 3.63) is 48.3 Å². The predicted octanol–water partition coefficient (Wildman–Crippen LogP) is 2.06.